The lowest BCUT2D eigenvalue weighted by Gasteiger charge is -2.30. The van der Waals surface area contributed by atoms with Crippen LogP contribution in [0.2, 0.25) is 0 Å². The summed E-state index contributed by atoms with van der Waals surface area (Å²) < 4.78 is 0. The van der Waals surface area contributed by atoms with Crippen LogP contribution in [0.3, 0.4) is 0 Å². The van der Waals surface area contributed by atoms with E-state index >= 15 is 0 Å². The fourth-order valence-corrected chi connectivity index (χ4v) is 3.11. The van der Waals surface area contributed by atoms with Crippen LogP contribution in [-0.2, 0) is 0 Å². The van der Waals surface area contributed by atoms with Gasteiger partial charge in [0.25, 0.3) is 0 Å². The van der Waals surface area contributed by atoms with Crippen LogP contribution in [-0.4, -0.2) is 24.1 Å². The van der Waals surface area contributed by atoms with E-state index in [1.165, 1.54) is 43.7 Å². The highest BCUT2D eigenvalue weighted by atomic mass is 32.2. The highest BCUT2D eigenvalue weighted by Gasteiger charge is 2.21. The molecule has 3 unspecified atom stereocenters. The van der Waals surface area contributed by atoms with Gasteiger partial charge < -0.3 is 5.32 Å². The molecule has 1 nitrogen and oxygen atoms in total. The Balaban J connectivity index is 2.11. The molecule has 90 valence electrons. The molecular formula is C13H27NS. The lowest BCUT2D eigenvalue weighted by atomic mass is 9.80. The number of rotatable bonds is 6. The van der Waals surface area contributed by atoms with E-state index in [9.17, 15) is 0 Å². The van der Waals surface area contributed by atoms with Crippen molar-refractivity contribution in [2.75, 3.05) is 18.1 Å². The summed E-state index contributed by atoms with van der Waals surface area (Å²) in [5.41, 5.74) is 0. The summed E-state index contributed by atoms with van der Waals surface area (Å²) >= 11 is 2.04. The van der Waals surface area contributed by atoms with Crippen molar-refractivity contribution in [3.63, 3.8) is 0 Å². The van der Waals surface area contributed by atoms with E-state index in [1.54, 1.807) is 0 Å². The van der Waals surface area contributed by atoms with Crippen molar-refractivity contribution in [3.05, 3.63) is 0 Å². The van der Waals surface area contributed by atoms with Gasteiger partial charge in [0.2, 0.25) is 0 Å². The van der Waals surface area contributed by atoms with Crippen molar-refractivity contribution in [1.29, 1.82) is 0 Å². The average molecular weight is 229 g/mol. The molecule has 1 N–H and O–H groups in total. The lowest BCUT2D eigenvalue weighted by molar-refractivity contribution is 0.244. The zero-order chi connectivity index (χ0) is 11.1. The Morgan fingerprint density at radius 3 is 2.73 bits per heavy atom. The minimum Gasteiger partial charge on any atom is -0.313 e. The standard InChI is InChI=1S/C13H27NS/c1-4-15-10-12(3)14-9-13-8-6-5-7-11(13)2/h11-14H,4-10H2,1-3H3. The highest BCUT2D eigenvalue weighted by molar-refractivity contribution is 7.99. The van der Waals surface area contributed by atoms with Gasteiger partial charge in [-0.1, -0.05) is 33.1 Å². The fourth-order valence-electron chi connectivity index (χ4n) is 2.40. The number of hydrogen-bond acceptors (Lipinski definition) is 2. The van der Waals surface area contributed by atoms with E-state index in [-0.39, 0.29) is 0 Å². The molecule has 0 amide bonds. The topological polar surface area (TPSA) is 12.0 Å². The second kappa shape index (κ2) is 7.56. The molecule has 1 rings (SSSR count). The van der Waals surface area contributed by atoms with Gasteiger partial charge in [-0.15, -0.1) is 0 Å². The zero-order valence-corrected chi connectivity index (χ0v) is 11.4. The van der Waals surface area contributed by atoms with Crippen LogP contribution in [0.5, 0.6) is 0 Å². The third kappa shape index (κ3) is 5.26. The van der Waals surface area contributed by atoms with Crippen molar-refractivity contribution in [2.45, 2.75) is 52.5 Å². The van der Waals surface area contributed by atoms with Crippen molar-refractivity contribution in [2.24, 2.45) is 11.8 Å². The molecule has 0 aliphatic heterocycles. The molecule has 1 fully saturated rings. The first-order chi connectivity index (χ1) is 7.24. The minimum atomic E-state index is 0.684. The minimum absolute atomic E-state index is 0.684. The number of thioether (sulfide) groups is 1. The van der Waals surface area contributed by atoms with Crippen LogP contribution in [0.25, 0.3) is 0 Å². The maximum Gasteiger partial charge on any atom is 0.0130 e. The fraction of sp³-hybridized carbons (Fsp3) is 1.00. The molecule has 0 saturated heterocycles. The molecule has 0 aromatic rings. The van der Waals surface area contributed by atoms with Gasteiger partial charge in [0.15, 0.2) is 0 Å². The van der Waals surface area contributed by atoms with Gasteiger partial charge in [0.1, 0.15) is 0 Å². The molecule has 0 radical (unpaired) electrons. The third-order valence-electron chi connectivity index (χ3n) is 3.59. The molecule has 1 aliphatic rings. The van der Waals surface area contributed by atoms with Crippen LogP contribution in [0.15, 0.2) is 0 Å². The van der Waals surface area contributed by atoms with E-state index < -0.39 is 0 Å². The van der Waals surface area contributed by atoms with Crippen LogP contribution in [0.4, 0.5) is 0 Å². The van der Waals surface area contributed by atoms with Crippen LogP contribution in [0, 0.1) is 11.8 Å². The Kier molecular flexibility index (Phi) is 6.74. The molecule has 3 atom stereocenters. The Morgan fingerprint density at radius 2 is 2.07 bits per heavy atom. The van der Waals surface area contributed by atoms with Crippen molar-refractivity contribution in [3.8, 4) is 0 Å². The van der Waals surface area contributed by atoms with Gasteiger partial charge in [-0.25, -0.2) is 0 Å². The molecule has 15 heavy (non-hydrogen) atoms. The maximum atomic E-state index is 3.70. The summed E-state index contributed by atoms with van der Waals surface area (Å²) in [5.74, 6) is 4.38. The highest BCUT2D eigenvalue weighted by Crippen LogP contribution is 2.28. The molecule has 0 heterocycles. The quantitative estimate of drug-likeness (QED) is 0.747. The van der Waals surface area contributed by atoms with Gasteiger partial charge in [-0.3, -0.25) is 0 Å². The Morgan fingerprint density at radius 1 is 1.33 bits per heavy atom. The molecule has 1 aliphatic carbocycles. The summed E-state index contributed by atoms with van der Waals surface area (Å²) in [7, 11) is 0. The third-order valence-corrected chi connectivity index (χ3v) is 4.73. The summed E-state index contributed by atoms with van der Waals surface area (Å²) in [6.07, 6.45) is 5.81. The molecule has 0 bridgehead atoms. The normalized spacial score (nSPS) is 29.0. The van der Waals surface area contributed by atoms with Gasteiger partial charge in [0.05, 0.1) is 0 Å². The second-order valence-electron chi connectivity index (χ2n) is 4.99. The van der Waals surface area contributed by atoms with Crippen LogP contribution < -0.4 is 5.32 Å². The summed E-state index contributed by atoms with van der Waals surface area (Å²) in [6.45, 7) is 8.22. The Hall–Kier alpha value is 0.310. The zero-order valence-electron chi connectivity index (χ0n) is 10.6. The second-order valence-corrected chi connectivity index (χ2v) is 6.31. The largest absolute Gasteiger partial charge is 0.313 e. The number of hydrogen-bond donors (Lipinski definition) is 1. The molecular weight excluding hydrogens is 202 g/mol. The summed E-state index contributed by atoms with van der Waals surface area (Å²) in [6, 6.07) is 0.684. The van der Waals surface area contributed by atoms with Crippen molar-refractivity contribution < 1.29 is 0 Å². The first-order valence-electron chi connectivity index (χ1n) is 6.55. The monoisotopic (exact) mass is 229 g/mol. The van der Waals surface area contributed by atoms with E-state index in [1.807, 2.05) is 11.8 Å². The molecule has 0 aromatic carbocycles. The van der Waals surface area contributed by atoms with Gasteiger partial charge in [-0.2, -0.15) is 11.8 Å². The molecule has 2 heteroatoms. The molecule has 0 spiro atoms. The Bertz CT molecular complexity index is 161. The lowest BCUT2D eigenvalue weighted by Crippen LogP contribution is -2.36. The Labute approximate surface area is 99.8 Å². The van der Waals surface area contributed by atoms with E-state index in [0.29, 0.717) is 6.04 Å². The smallest absolute Gasteiger partial charge is 0.0130 e. The van der Waals surface area contributed by atoms with E-state index in [4.69, 9.17) is 0 Å². The van der Waals surface area contributed by atoms with Crippen molar-refractivity contribution in [1.82, 2.24) is 5.32 Å². The van der Waals surface area contributed by atoms with E-state index in [0.717, 1.165) is 11.8 Å². The first kappa shape index (κ1) is 13.4. The van der Waals surface area contributed by atoms with Crippen LogP contribution >= 0.6 is 11.8 Å². The predicted octanol–water partition coefficient (Wildman–Crippen LogP) is 3.54. The van der Waals surface area contributed by atoms with Gasteiger partial charge in [-0.05, 0) is 37.5 Å². The van der Waals surface area contributed by atoms with Gasteiger partial charge >= 0.3 is 0 Å². The van der Waals surface area contributed by atoms with Crippen LogP contribution in [0.1, 0.15) is 46.5 Å². The van der Waals surface area contributed by atoms with E-state index in [2.05, 4.69) is 26.1 Å². The van der Waals surface area contributed by atoms with Gasteiger partial charge in [0, 0.05) is 11.8 Å². The summed E-state index contributed by atoms with van der Waals surface area (Å²) in [4.78, 5) is 0. The average Bonchev–Trinajstić information content (AvgIpc) is 2.25. The molecule has 0 aromatic heterocycles. The summed E-state index contributed by atoms with van der Waals surface area (Å²) in [5, 5.41) is 3.70. The predicted molar refractivity (Wildman–Crippen MR) is 71.6 cm³/mol. The first-order valence-corrected chi connectivity index (χ1v) is 7.70. The maximum absolute atomic E-state index is 3.70. The SMILES string of the molecule is CCSCC(C)NCC1CCCCC1C. The number of nitrogens with one attached hydrogen (secondary N) is 1. The molecule has 1 saturated carbocycles. The van der Waals surface area contributed by atoms with Crippen molar-refractivity contribution >= 4 is 11.8 Å².